The van der Waals surface area contributed by atoms with E-state index < -0.39 is 17.3 Å². The van der Waals surface area contributed by atoms with Crippen LogP contribution < -0.4 is 0 Å². The van der Waals surface area contributed by atoms with E-state index in [-0.39, 0.29) is 6.61 Å². The second-order valence-electron chi connectivity index (χ2n) is 6.01. The van der Waals surface area contributed by atoms with Crippen LogP contribution in [0.5, 0.6) is 0 Å². The Labute approximate surface area is 108 Å². The van der Waals surface area contributed by atoms with Crippen molar-refractivity contribution in [2.24, 2.45) is 17.3 Å². The summed E-state index contributed by atoms with van der Waals surface area (Å²) in [6, 6.07) is 0. The first-order valence-corrected chi connectivity index (χ1v) is 6.87. The predicted molar refractivity (Wildman–Crippen MR) is 65.8 cm³/mol. The molecule has 0 bridgehead atoms. The SMILES string of the molecule is C[C@H]1C=C[C@@H](O)[C@@]2(CO)CC3(CC[C@H]12)OCCO3. The van der Waals surface area contributed by atoms with Gasteiger partial charge in [0, 0.05) is 18.3 Å². The number of rotatable bonds is 1. The second-order valence-corrected chi connectivity index (χ2v) is 6.01. The summed E-state index contributed by atoms with van der Waals surface area (Å²) in [4.78, 5) is 0. The molecule has 4 nitrogen and oxygen atoms in total. The van der Waals surface area contributed by atoms with Crippen LogP contribution in [0.1, 0.15) is 26.2 Å². The van der Waals surface area contributed by atoms with Crippen LogP contribution in [-0.2, 0) is 9.47 Å². The molecule has 2 N–H and O–H groups in total. The Kier molecular flexibility index (Phi) is 3.01. The molecule has 0 amide bonds. The normalized spacial score (nSPS) is 46.3. The molecular weight excluding hydrogens is 232 g/mol. The minimum Gasteiger partial charge on any atom is -0.396 e. The minimum absolute atomic E-state index is 0.0119. The molecule has 2 fully saturated rings. The summed E-state index contributed by atoms with van der Waals surface area (Å²) < 4.78 is 11.5. The Morgan fingerprint density at radius 1 is 1.28 bits per heavy atom. The topological polar surface area (TPSA) is 58.9 Å². The van der Waals surface area contributed by atoms with Crippen LogP contribution in [0.4, 0.5) is 0 Å². The largest absolute Gasteiger partial charge is 0.396 e. The third-order valence-corrected chi connectivity index (χ3v) is 5.10. The lowest BCUT2D eigenvalue weighted by atomic mass is 9.56. The minimum atomic E-state index is -0.603. The fourth-order valence-corrected chi connectivity index (χ4v) is 4.11. The highest BCUT2D eigenvalue weighted by Crippen LogP contribution is 2.55. The van der Waals surface area contributed by atoms with E-state index in [1.807, 2.05) is 6.08 Å². The van der Waals surface area contributed by atoms with Gasteiger partial charge in [-0.3, -0.25) is 0 Å². The van der Waals surface area contributed by atoms with Gasteiger partial charge in [-0.05, 0) is 18.3 Å². The molecule has 3 aliphatic rings. The summed E-state index contributed by atoms with van der Waals surface area (Å²) in [6.45, 7) is 3.38. The van der Waals surface area contributed by atoms with E-state index in [1.165, 1.54) is 0 Å². The van der Waals surface area contributed by atoms with E-state index in [9.17, 15) is 10.2 Å². The van der Waals surface area contributed by atoms with Gasteiger partial charge < -0.3 is 19.7 Å². The van der Waals surface area contributed by atoms with Gasteiger partial charge in [0.05, 0.1) is 25.9 Å². The lowest BCUT2D eigenvalue weighted by Crippen LogP contribution is -2.57. The Morgan fingerprint density at radius 3 is 2.67 bits per heavy atom. The van der Waals surface area contributed by atoms with Crippen molar-refractivity contribution in [2.45, 2.75) is 38.1 Å². The predicted octanol–water partition coefficient (Wildman–Crippen LogP) is 1.08. The highest BCUT2D eigenvalue weighted by atomic mass is 16.7. The van der Waals surface area contributed by atoms with Crippen LogP contribution in [-0.4, -0.2) is 41.9 Å². The number of aliphatic hydroxyl groups excluding tert-OH is 2. The maximum atomic E-state index is 10.4. The highest BCUT2D eigenvalue weighted by molar-refractivity contribution is 5.14. The molecule has 1 aliphatic heterocycles. The van der Waals surface area contributed by atoms with Gasteiger partial charge in [0.2, 0.25) is 0 Å². The van der Waals surface area contributed by atoms with Crippen molar-refractivity contribution in [3.63, 3.8) is 0 Å². The molecule has 1 heterocycles. The summed E-state index contributed by atoms with van der Waals surface area (Å²) in [5, 5.41) is 20.3. The molecule has 102 valence electrons. The van der Waals surface area contributed by atoms with Gasteiger partial charge in [0.25, 0.3) is 0 Å². The zero-order valence-corrected chi connectivity index (χ0v) is 10.8. The van der Waals surface area contributed by atoms with Crippen LogP contribution in [0, 0.1) is 17.3 Å². The number of fused-ring (bicyclic) bond motifs is 1. The Balaban J connectivity index is 1.94. The molecule has 1 saturated carbocycles. The maximum absolute atomic E-state index is 10.4. The summed E-state index contributed by atoms with van der Waals surface area (Å²) in [5.41, 5.74) is -0.503. The maximum Gasteiger partial charge on any atom is 0.169 e. The average Bonchev–Trinajstić information content (AvgIpc) is 2.82. The number of allylic oxidation sites excluding steroid dienone is 1. The number of ether oxygens (including phenoxy) is 2. The van der Waals surface area contributed by atoms with Crippen molar-refractivity contribution in [3.05, 3.63) is 12.2 Å². The van der Waals surface area contributed by atoms with Gasteiger partial charge in [-0.2, -0.15) is 0 Å². The molecule has 3 rings (SSSR count). The van der Waals surface area contributed by atoms with Crippen LogP contribution in [0.15, 0.2) is 12.2 Å². The van der Waals surface area contributed by atoms with Gasteiger partial charge in [0.15, 0.2) is 5.79 Å². The monoisotopic (exact) mass is 254 g/mol. The quantitative estimate of drug-likeness (QED) is 0.687. The Morgan fingerprint density at radius 2 is 2.00 bits per heavy atom. The molecule has 1 spiro atoms. The summed E-state index contributed by atoms with van der Waals surface area (Å²) in [5.74, 6) is 0.130. The Bertz CT molecular complexity index is 348. The molecule has 1 saturated heterocycles. The van der Waals surface area contributed by atoms with Crippen LogP contribution in [0.2, 0.25) is 0 Å². The van der Waals surface area contributed by atoms with Crippen LogP contribution >= 0.6 is 0 Å². The van der Waals surface area contributed by atoms with E-state index in [1.54, 1.807) is 0 Å². The number of aliphatic hydroxyl groups is 2. The third kappa shape index (κ3) is 1.67. The number of hydrogen-bond acceptors (Lipinski definition) is 4. The van der Waals surface area contributed by atoms with Gasteiger partial charge in [-0.25, -0.2) is 0 Å². The zero-order valence-electron chi connectivity index (χ0n) is 10.8. The van der Waals surface area contributed by atoms with E-state index in [0.717, 1.165) is 12.8 Å². The van der Waals surface area contributed by atoms with Gasteiger partial charge in [0.1, 0.15) is 0 Å². The summed E-state index contributed by atoms with van der Waals surface area (Å²) >= 11 is 0. The summed E-state index contributed by atoms with van der Waals surface area (Å²) in [6.07, 6.45) is 5.68. The molecule has 2 aliphatic carbocycles. The standard InChI is InChI=1S/C14H22O4/c1-10-2-3-12(16)13(9-15)8-14(5-4-11(10)13)17-6-7-18-14/h2-3,10-12,15-16H,4-9H2,1H3/t10-,11+,12+,13+/m0/s1. The van der Waals surface area contributed by atoms with Crippen molar-refractivity contribution >= 4 is 0 Å². The average molecular weight is 254 g/mol. The number of hydrogen-bond donors (Lipinski definition) is 2. The summed E-state index contributed by atoms with van der Waals surface area (Å²) in [7, 11) is 0. The van der Waals surface area contributed by atoms with Crippen molar-refractivity contribution in [1.29, 1.82) is 0 Å². The molecule has 0 aromatic carbocycles. The molecule has 0 aromatic heterocycles. The molecule has 18 heavy (non-hydrogen) atoms. The van der Waals surface area contributed by atoms with Crippen molar-refractivity contribution in [1.82, 2.24) is 0 Å². The van der Waals surface area contributed by atoms with E-state index in [4.69, 9.17) is 9.47 Å². The van der Waals surface area contributed by atoms with Gasteiger partial charge in [-0.1, -0.05) is 19.1 Å². The van der Waals surface area contributed by atoms with Gasteiger partial charge in [-0.15, -0.1) is 0 Å². The first-order chi connectivity index (χ1) is 8.62. The molecule has 0 radical (unpaired) electrons. The van der Waals surface area contributed by atoms with E-state index in [2.05, 4.69) is 13.0 Å². The Hall–Kier alpha value is -0.420. The lowest BCUT2D eigenvalue weighted by molar-refractivity contribution is -0.238. The van der Waals surface area contributed by atoms with Gasteiger partial charge >= 0.3 is 0 Å². The van der Waals surface area contributed by atoms with Crippen molar-refractivity contribution in [3.8, 4) is 0 Å². The lowest BCUT2D eigenvalue weighted by Gasteiger charge is -2.54. The third-order valence-electron chi connectivity index (χ3n) is 5.10. The zero-order chi connectivity index (χ0) is 12.8. The first kappa shape index (κ1) is 12.6. The molecule has 4 atom stereocenters. The molecule has 0 unspecified atom stereocenters. The second kappa shape index (κ2) is 4.30. The molecule has 0 aromatic rings. The van der Waals surface area contributed by atoms with Crippen LogP contribution in [0.3, 0.4) is 0 Å². The fourth-order valence-electron chi connectivity index (χ4n) is 4.11. The smallest absolute Gasteiger partial charge is 0.169 e. The highest BCUT2D eigenvalue weighted by Gasteiger charge is 2.57. The molecule has 4 heteroatoms. The van der Waals surface area contributed by atoms with Crippen molar-refractivity contribution in [2.75, 3.05) is 19.8 Å². The van der Waals surface area contributed by atoms with Crippen molar-refractivity contribution < 1.29 is 19.7 Å². The fraction of sp³-hybridized carbons (Fsp3) is 0.857. The molecular formula is C14H22O4. The van der Waals surface area contributed by atoms with E-state index in [0.29, 0.717) is 31.5 Å². The van der Waals surface area contributed by atoms with E-state index >= 15 is 0 Å². The van der Waals surface area contributed by atoms with Crippen LogP contribution in [0.25, 0.3) is 0 Å². The first-order valence-electron chi connectivity index (χ1n) is 6.87.